The second-order valence-corrected chi connectivity index (χ2v) is 6.88. The first kappa shape index (κ1) is 18.7. The molecule has 3 N–H and O–H groups in total. The van der Waals surface area contributed by atoms with Gasteiger partial charge in [0.05, 0.1) is 0 Å². The zero-order valence-electron chi connectivity index (χ0n) is 14.9. The van der Waals surface area contributed by atoms with Crippen LogP contribution in [-0.4, -0.2) is 34.2 Å². The summed E-state index contributed by atoms with van der Waals surface area (Å²) in [6.07, 6.45) is 0. The second-order valence-electron chi connectivity index (χ2n) is 5.81. The van der Waals surface area contributed by atoms with Crippen LogP contribution < -0.4 is 10.6 Å². The molecule has 1 atom stereocenters. The van der Waals surface area contributed by atoms with Crippen molar-refractivity contribution in [2.45, 2.75) is 17.3 Å². The van der Waals surface area contributed by atoms with Crippen LogP contribution in [0, 0.1) is 6.92 Å². The van der Waals surface area contributed by atoms with Gasteiger partial charge in [0.2, 0.25) is 11.1 Å². The number of hydrogen-bond donors (Lipinski definition) is 3. The molecular weight excluding hydrogens is 362 g/mol. The fourth-order valence-corrected chi connectivity index (χ4v) is 3.30. The maximum Gasteiger partial charge on any atom is 0.321 e. The highest BCUT2D eigenvalue weighted by atomic mass is 32.2. The van der Waals surface area contributed by atoms with Crippen molar-refractivity contribution in [2.24, 2.45) is 0 Å². The molecule has 8 heteroatoms. The standard InChI is InChI=1S/C19H19N5O2S/c1-12-8-10-14(11-9-12)16-21-19(24-23-16)27-15(13-6-4-3-5-7-13)17(25)22-18(26)20-2/h3-11,15H,1-2H3,(H,21,23,24)(H2,20,22,25,26)/t15-/m0/s1. The third-order valence-electron chi connectivity index (χ3n) is 3.82. The van der Waals surface area contributed by atoms with Gasteiger partial charge in [-0.3, -0.25) is 15.2 Å². The molecule has 0 spiro atoms. The van der Waals surface area contributed by atoms with Gasteiger partial charge in [0.25, 0.3) is 0 Å². The average molecular weight is 381 g/mol. The molecule has 7 nitrogen and oxygen atoms in total. The molecule has 1 heterocycles. The summed E-state index contributed by atoms with van der Waals surface area (Å²) in [6, 6.07) is 16.5. The molecular formula is C19H19N5O2S. The van der Waals surface area contributed by atoms with E-state index in [2.05, 4.69) is 25.8 Å². The fraction of sp³-hybridized carbons (Fsp3) is 0.158. The molecule has 3 amide bonds. The maximum atomic E-state index is 12.6. The van der Waals surface area contributed by atoms with Crippen molar-refractivity contribution in [3.8, 4) is 11.4 Å². The monoisotopic (exact) mass is 381 g/mol. The Balaban J connectivity index is 1.83. The van der Waals surface area contributed by atoms with E-state index >= 15 is 0 Å². The van der Waals surface area contributed by atoms with Crippen LogP contribution in [-0.2, 0) is 4.79 Å². The molecule has 0 saturated carbocycles. The van der Waals surface area contributed by atoms with Gasteiger partial charge in [-0.25, -0.2) is 9.78 Å². The smallest absolute Gasteiger partial charge is 0.321 e. The summed E-state index contributed by atoms with van der Waals surface area (Å²) in [5.74, 6) is 0.184. The maximum absolute atomic E-state index is 12.6. The lowest BCUT2D eigenvalue weighted by Gasteiger charge is -2.14. The first-order chi connectivity index (χ1) is 13.1. The molecule has 0 radical (unpaired) electrons. The minimum atomic E-state index is -0.662. The number of H-pyrrole nitrogens is 1. The normalized spacial score (nSPS) is 11.6. The molecule has 0 aliphatic heterocycles. The highest BCUT2D eigenvalue weighted by molar-refractivity contribution is 8.00. The van der Waals surface area contributed by atoms with Gasteiger partial charge in [0, 0.05) is 12.6 Å². The van der Waals surface area contributed by atoms with Crippen LogP contribution in [0.15, 0.2) is 59.8 Å². The number of aromatic amines is 1. The Morgan fingerprint density at radius 1 is 1.07 bits per heavy atom. The fourth-order valence-electron chi connectivity index (χ4n) is 2.39. The minimum absolute atomic E-state index is 0.423. The van der Waals surface area contributed by atoms with Crippen LogP contribution in [0.3, 0.4) is 0 Å². The molecule has 3 aromatic rings. The summed E-state index contributed by atoms with van der Waals surface area (Å²) in [6.45, 7) is 2.01. The van der Waals surface area contributed by atoms with Gasteiger partial charge < -0.3 is 5.32 Å². The van der Waals surface area contributed by atoms with E-state index in [9.17, 15) is 9.59 Å². The number of carbonyl (C=O) groups excluding carboxylic acids is 2. The van der Waals surface area contributed by atoms with Crippen LogP contribution in [0.4, 0.5) is 4.79 Å². The molecule has 27 heavy (non-hydrogen) atoms. The summed E-state index contributed by atoms with van der Waals surface area (Å²) in [7, 11) is 1.45. The minimum Gasteiger partial charge on any atom is -0.341 e. The Bertz CT molecular complexity index is 925. The first-order valence-corrected chi connectivity index (χ1v) is 9.18. The number of imide groups is 1. The van der Waals surface area contributed by atoms with Crippen LogP contribution >= 0.6 is 11.8 Å². The Labute approximate surface area is 161 Å². The van der Waals surface area contributed by atoms with E-state index < -0.39 is 17.2 Å². The Morgan fingerprint density at radius 2 is 1.78 bits per heavy atom. The number of aromatic nitrogens is 3. The Hall–Kier alpha value is -3.13. The molecule has 2 aromatic carbocycles. The number of benzene rings is 2. The number of thioether (sulfide) groups is 1. The molecule has 138 valence electrons. The van der Waals surface area contributed by atoms with Crippen LogP contribution in [0.25, 0.3) is 11.4 Å². The molecule has 0 aliphatic rings. The SMILES string of the molecule is CNC(=O)NC(=O)[C@@H](Sc1n[nH]c(-c2ccc(C)cc2)n1)c1ccccc1. The number of rotatable bonds is 5. The van der Waals surface area contributed by atoms with Crippen molar-refractivity contribution < 1.29 is 9.59 Å². The summed E-state index contributed by atoms with van der Waals surface area (Å²) in [4.78, 5) is 28.6. The summed E-state index contributed by atoms with van der Waals surface area (Å²) < 4.78 is 0. The van der Waals surface area contributed by atoms with E-state index in [1.807, 2.05) is 61.5 Å². The number of hydrogen-bond acceptors (Lipinski definition) is 5. The predicted octanol–water partition coefficient (Wildman–Crippen LogP) is 3.07. The average Bonchev–Trinajstić information content (AvgIpc) is 3.16. The first-order valence-electron chi connectivity index (χ1n) is 8.30. The van der Waals surface area contributed by atoms with E-state index in [1.165, 1.54) is 18.8 Å². The highest BCUT2D eigenvalue weighted by Gasteiger charge is 2.25. The van der Waals surface area contributed by atoms with Gasteiger partial charge in [-0.2, -0.15) is 0 Å². The third-order valence-corrected chi connectivity index (χ3v) is 4.93. The topological polar surface area (TPSA) is 99.8 Å². The predicted molar refractivity (Wildman–Crippen MR) is 104 cm³/mol. The molecule has 0 bridgehead atoms. The van der Waals surface area contributed by atoms with Gasteiger partial charge in [-0.05, 0) is 12.5 Å². The lowest BCUT2D eigenvalue weighted by Crippen LogP contribution is -2.39. The van der Waals surface area contributed by atoms with Crippen molar-refractivity contribution in [1.82, 2.24) is 25.8 Å². The molecule has 0 fully saturated rings. The molecule has 0 unspecified atom stereocenters. The van der Waals surface area contributed by atoms with Crippen molar-refractivity contribution in [2.75, 3.05) is 7.05 Å². The Morgan fingerprint density at radius 3 is 2.44 bits per heavy atom. The van der Waals surface area contributed by atoms with E-state index in [-0.39, 0.29) is 0 Å². The lowest BCUT2D eigenvalue weighted by atomic mass is 10.1. The van der Waals surface area contributed by atoms with E-state index in [0.717, 1.165) is 16.7 Å². The number of aryl methyl sites for hydroxylation is 1. The summed E-state index contributed by atoms with van der Waals surface area (Å²) in [5, 5.41) is 11.6. The van der Waals surface area contributed by atoms with Gasteiger partial charge in [0.1, 0.15) is 5.25 Å². The Kier molecular flexibility index (Phi) is 5.87. The molecule has 0 aliphatic carbocycles. The number of urea groups is 1. The largest absolute Gasteiger partial charge is 0.341 e. The molecule has 0 saturated heterocycles. The van der Waals surface area contributed by atoms with E-state index in [0.29, 0.717) is 11.0 Å². The summed E-state index contributed by atoms with van der Waals surface area (Å²) >= 11 is 1.18. The number of carbonyl (C=O) groups is 2. The van der Waals surface area contributed by atoms with E-state index in [1.54, 1.807) is 0 Å². The van der Waals surface area contributed by atoms with Crippen molar-refractivity contribution >= 4 is 23.7 Å². The second kappa shape index (κ2) is 8.50. The third kappa shape index (κ3) is 4.73. The van der Waals surface area contributed by atoms with Gasteiger partial charge in [-0.1, -0.05) is 71.9 Å². The van der Waals surface area contributed by atoms with E-state index in [4.69, 9.17) is 0 Å². The number of amides is 3. The summed E-state index contributed by atoms with van der Waals surface area (Å²) in [5.41, 5.74) is 2.82. The van der Waals surface area contributed by atoms with Gasteiger partial charge in [-0.15, -0.1) is 5.10 Å². The van der Waals surface area contributed by atoms with Crippen LogP contribution in [0.1, 0.15) is 16.4 Å². The zero-order chi connectivity index (χ0) is 19.2. The lowest BCUT2D eigenvalue weighted by molar-refractivity contribution is -0.119. The van der Waals surface area contributed by atoms with Crippen molar-refractivity contribution in [3.05, 3.63) is 65.7 Å². The van der Waals surface area contributed by atoms with Gasteiger partial charge in [0.15, 0.2) is 5.82 Å². The van der Waals surface area contributed by atoms with Crippen LogP contribution in [0.5, 0.6) is 0 Å². The highest BCUT2D eigenvalue weighted by Crippen LogP contribution is 2.34. The van der Waals surface area contributed by atoms with Gasteiger partial charge >= 0.3 is 6.03 Å². The number of nitrogens with zero attached hydrogens (tertiary/aromatic N) is 2. The molecule has 1 aromatic heterocycles. The number of nitrogens with one attached hydrogen (secondary N) is 3. The van der Waals surface area contributed by atoms with Crippen LogP contribution in [0.2, 0.25) is 0 Å². The molecule has 3 rings (SSSR count). The zero-order valence-corrected chi connectivity index (χ0v) is 15.7. The van der Waals surface area contributed by atoms with Crippen molar-refractivity contribution in [1.29, 1.82) is 0 Å². The quantitative estimate of drug-likeness (QED) is 0.590. The van der Waals surface area contributed by atoms with Crippen molar-refractivity contribution in [3.63, 3.8) is 0 Å².